The lowest BCUT2D eigenvalue weighted by molar-refractivity contribution is -0.468. The quantitative estimate of drug-likeness (QED) is 0.408. The van der Waals surface area contributed by atoms with Gasteiger partial charge in [-0.05, 0) is 25.2 Å². The minimum Gasteiger partial charge on any atom is -0.325 e. The number of hydrogen-bond acceptors (Lipinski definition) is 5. The summed E-state index contributed by atoms with van der Waals surface area (Å²) in [5, 5.41) is 24.5. The summed E-state index contributed by atoms with van der Waals surface area (Å²) in [7, 11) is 0. The van der Waals surface area contributed by atoms with Crippen LogP contribution in [0.3, 0.4) is 0 Å². The highest BCUT2D eigenvalue weighted by Gasteiger charge is 2.19. The molecule has 0 saturated carbocycles. The van der Waals surface area contributed by atoms with E-state index in [0.717, 1.165) is 6.08 Å². The molecule has 0 bridgehead atoms. The average molecular weight is 388 g/mol. The van der Waals surface area contributed by atoms with Gasteiger partial charge in [0.1, 0.15) is 0 Å². The monoisotopic (exact) mass is 387 g/mol. The average Bonchev–Trinajstić information content (AvgIpc) is 2.72. The van der Waals surface area contributed by atoms with Crippen LogP contribution in [-0.4, -0.2) is 22.3 Å². The van der Waals surface area contributed by atoms with Gasteiger partial charge in [-0.15, -0.1) is 0 Å². The summed E-state index contributed by atoms with van der Waals surface area (Å²) in [4.78, 5) is 32.7. The third-order valence-corrected chi connectivity index (χ3v) is 3.67. The van der Waals surface area contributed by atoms with Gasteiger partial charge in [0.2, 0.25) is 6.54 Å². The summed E-state index contributed by atoms with van der Waals surface area (Å²) < 4.78 is 0. The Balaban J connectivity index is 3.00. The number of hydrogen-bond donors (Lipinski definition) is 1. The van der Waals surface area contributed by atoms with Crippen LogP contribution in [0.1, 0.15) is 19.8 Å². The van der Waals surface area contributed by atoms with E-state index in [4.69, 9.17) is 23.2 Å². The normalized spacial score (nSPS) is 15.6. The molecule has 0 aromatic rings. The summed E-state index contributed by atoms with van der Waals surface area (Å²) in [6.45, 7) is 1.12. The fourth-order valence-electron chi connectivity index (χ4n) is 1.84. The molecule has 1 aliphatic carbocycles. The summed E-state index contributed by atoms with van der Waals surface area (Å²) in [5.74, 6) is -0.637. The van der Waals surface area contributed by atoms with E-state index in [1.807, 2.05) is 0 Å². The number of nitro groups is 2. The molecule has 8 nitrogen and oxygen atoms in total. The van der Waals surface area contributed by atoms with E-state index in [2.05, 4.69) is 5.32 Å². The van der Waals surface area contributed by atoms with E-state index in [0.29, 0.717) is 5.03 Å². The molecule has 0 saturated heterocycles. The Labute approximate surface area is 153 Å². The highest BCUT2D eigenvalue weighted by atomic mass is 35.5. The summed E-state index contributed by atoms with van der Waals surface area (Å²) >= 11 is 11.8. The molecule has 10 heteroatoms. The van der Waals surface area contributed by atoms with Crippen LogP contribution >= 0.6 is 23.2 Å². The molecule has 0 unspecified atom stereocenters. The molecule has 0 heterocycles. The van der Waals surface area contributed by atoms with Crippen molar-refractivity contribution in [3.8, 4) is 0 Å². The fourth-order valence-corrected chi connectivity index (χ4v) is 2.18. The number of amides is 1. The Morgan fingerprint density at radius 1 is 1.36 bits per heavy atom. The van der Waals surface area contributed by atoms with Crippen LogP contribution in [0.15, 0.2) is 57.4 Å². The van der Waals surface area contributed by atoms with Gasteiger partial charge in [0.15, 0.2) is 0 Å². The van der Waals surface area contributed by atoms with Crippen LogP contribution in [0.2, 0.25) is 0 Å². The molecule has 0 fully saturated rings. The van der Waals surface area contributed by atoms with Gasteiger partial charge >= 0.3 is 0 Å². The van der Waals surface area contributed by atoms with E-state index in [1.54, 1.807) is 13.0 Å². The Hall–Kier alpha value is -2.45. The molecule has 1 N–H and O–H groups in total. The van der Waals surface area contributed by atoms with Gasteiger partial charge in [0, 0.05) is 38.8 Å². The van der Waals surface area contributed by atoms with Gasteiger partial charge in [-0.25, -0.2) is 0 Å². The SMILES string of the molecule is C/C=C(/Cl)C/C(=C\C[N+](=O)[O-])C(=O)NC1=CC(Cl)=CC=C([N+](=O)[O-])C1. The van der Waals surface area contributed by atoms with Crippen molar-refractivity contribution in [2.75, 3.05) is 6.54 Å². The van der Waals surface area contributed by atoms with Crippen LogP contribution in [-0.2, 0) is 4.79 Å². The van der Waals surface area contributed by atoms with Crippen LogP contribution in [0.5, 0.6) is 0 Å². The molecule has 134 valence electrons. The second-order valence-electron chi connectivity index (χ2n) is 4.92. The van der Waals surface area contributed by atoms with Crippen molar-refractivity contribution < 1.29 is 14.6 Å². The van der Waals surface area contributed by atoms with Gasteiger partial charge in [0.05, 0.1) is 11.3 Å². The van der Waals surface area contributed by atoms with E-state index in [1.165, 1.54) is 18.2 Å². The maximum atomic E-state index is 12.4. The molecule has 1 rings (SSSR count). The van der Waals surface area contributed by atoms with Crippen LogP contribution in [0.25, 0.3) is 0 Å². The summed E-state index contributed by atoms with van der Waals surface area (Å²) in [6, 6.07) is 0. The number of halogens is 2. The molecule has 1 amide bonds. The number of carbonyl (C=O) groups is 1. The third-order valence-electron chi connectivity index (χ3n) is 3.08. The summed E-state index contributed by atoms with van der Waals surface area (Å²) in [5.41, 5.74) is 0.136. The molecular formula is C15H15Cl2N3O5. The first-order valence-corrected chi connectivity index (χ1v) is 7.82. The maximum Gasteiger partial charge on any atom is 0.252 e. The highest BCUT2D eigenvalue weighted by Crippen LogP contribution is 2.21. The van der Waals surface area contributed by atoms with Crippen molar-refractivity contribution in [3.05, 3.63) is 77.6 Å². The molecular weight excluding hydrogens is 373 g/mol. The van der Waals surface area contributed by atoms with Gasteiger partial charge in [0.25, 0.3) is 11.6 Å². The predicted octanol–water partition coefficient (Wildman–Crippen LogP) is 3.41. The molecule has 0 radical (unpaired) electrons. The highest BCUT2D eigenvalue weighted by molar-refractivity contribution is 6.31. The zero-order chi connectivity index (χ0) is 19.0. The summed E-state index contributed by atoms with van der Waals surface area (Å²) in [6.07, 6.45) is 6.55. The molecule has 0 aromatic carbocycles. The fraction of sp³-hybridized carbons (Fsp3) is 0.267. The number of allylic oxidation sites excluding steroid dienone is 6. The first kappa shape index (κ1) is 20.6. The number of nitrogens with zero attached hydrogens (tertiary/aromatic N) is 2. The standard InChI is InChI=1S/C15H15Cl2N3O5/c1-2-11(16)7-10(5-6-19(22)23)15(21)18-13-8-12(17)3-4-14(9-13)20(24)25/h2-5,8H,6-7,9H2,1H3,(H,18,21)/b10-5+,11-2+. The van der Waals surface area contributed by atoms with Crippen molar-refractivity contribution in [1.82, 2.24) is 5.32 Å². The zero-order valence-corrected chi connectivity index (χ0v) is 14.7. The zero-order valence-electron chi connectivity index (χ0n) is 13.2. The molecule has 0 atom stereocenters. The molecule has 25 heavy (non-hydrogen) atoms. The largest absolute Gasteiger partial charge is 0.325 e. The number of rotatable bonds is 7. The second kappa shape index (κ2) is 9.75. The van der Waals surface area contributed by atoms with E-state index < -0.39 is 22.3 Å². The van der Waals surface area contributed by atoms with Crippen LogP contribution < -0.4 is 5.32 Å². The predicted molar refractivity (Wildman–Crippen MR) is 94.0 cm³/mol. The van der Waals surface area contributed by atoms with Crippen LogP contribution in [0, 0.1) is 20.2 Å². The molecule has 0 aliphatic heterocycles. The van der Waals surface area contributed by atoms with Gasteiger partial charge in [-0.3, -0.25) is 25.0 Å². The third kappa shape index (κ3) is 7.32. The molecule has 1 aliphatic rings. The van der Waals surface area contributed by atoms with Crippen molar-refractivity contribution in [2.24, 2.45) is 0 Å². The van der Waals surface area contributed by atoms with Crippen molar-refractivity contribution in [2.45, 2.75) is 19.8 Å². The van der Waals surface area contributed by atoms with Crippen molar-refractivity contribution in [3.63, 3.8) is 0 Å². The lowest BCUT2D eigenvalue weighted by Gasteiger charge is -2.10. The Morgan fingerprint density at radius 2 is 2.04 bits per heavy atom. The van der Waals surface area contributed by atoms with Crippen molar-refractivity contribution >= 4 is 29.1 Å². The first-order valence-electron chi connectivity index (χ1n) is 7.07. The second-order valence-corrected chi connectivity index (χ2v) is 5.85. The lowest BCUT2D eigenvalue weighted by atomic mass is 10.1. The maximum absolute atomic E-state index is 12.4. The Kier molecular flexibility index (Phi) is 8.03. The van der Waals surface area contributed by atoms with Gasteiger partial charge in [-0.2, -0.15) is 0 Å². The Bertz CT molecular complexity index is 735. The minimum atomic E-state index is -0.637. The van der Waals surface area contributed by atoms with E-state index in [-0.39, 0.29) is 34.8 Å². The first-order chi connectivity index (χ1) is 11.7. The number of nitrogens with one attached hydrogen (secondary N) is 1. The lowest BCUT2D eigenvalue weighted by Crippen LogP contribution is -2.26. The topological polar surface area (TPSA) is 115 Å². The van der Waals surface area contributed by atoms with Gasteiger partial charge < -0.3 is 5.32 Å². The van der Waals surface area contributed by atoms with Gasteiger partial charge in [-0.1, -0.05) is 29.3 Å². The van der Waals surface area contributed by atoms with Crippen LogP contribution in [0.4, 0.5) is 0 Å². The van der Waals surface area contributed by atoms with Crippen molar-refractivity contribution in [1.29, 1.82) is 0 Å². The van der Waals surface area contributed by atoms with E-state index >= 15 is 0 Å². The molecule has 0 aromatic heterocycles. The Morgan fingerprint density at radius 3 is 2.60 bits per heavy atom. The minimum absolute atomic E-state index is 0.00646. The number of carbonyl (C=O) groups excluding carboxylic acids is 1. The molecule has 0 spiro atoms. The van der Waals surface area contributed by atoms with E-state index in [9.17, 15) is 25.0 Å². The smallest absolute Gasteiger partial charge is 0.252 e.